The van der Waals surface area contributed by atoms with Crippen LogP contribution in [0.5, 0.6) is 0 Å². The number of ketones is 1. The second kappa shape index (κ2) is 15.3. The summed E-state index contributed by atoms with van der Waals surface area (Å²) in [5.74, 6) is -2.04. The number of rotatable bonds is 15. The largest absolute Gasteiger partial charge is 0.347 e. The minimum Gasteiger partial charge on any atom is -0.347 e. The summed E-state index contributed by atoms with van der Waals surface area (Å²) in [6, 6.07) is -3.63. The lowest BCUT2D eigenvalue weighted by Gasteiger charge is -2.37. The highest BCUT2D eigenvalue weighted by molar-refractivity contribution is 7.81. The maximum absolute atomic E-state index is 14.5. The predicted octanol–water partition coefficient (Wildman–Crippen LogP) is 2.88. The SMILES string of the molecule is CCCC(NC(=O)[C@@H]1C[C@@H](C2(CC)CC2)CN1C(=O)[C@@H](NC(=O)N[C@H](CN(C)S(C)=O)C(C)(C)C)C(C)(C)C)C(=O)C(=O)NC1CC1. The lowest BCUT2D eigenvalue weighted by Crippen LogP contribution is -2.61. The maximum Gasteiger partial charge on any atom is 0.315 e. The van der Waals surface area contributed by atoms with E-state index >= 15 is 0 Å². The van der Waals surface area contributed by atoms with Gasteiger partial charge in [0.25, 0.3) is 5.91 Å². The molecule has 1 heterocycles. The number of carbonyl (C=O) groups is 5. The summed E-state index contributed by atoms with van der Waals surface area (Å²) in [5, 5.41) is 11.5. The minimum atomic E-state index is -1.22. The van der Waals surface area contributed by atoms with Gasteiger partial charge in [-0.3, -0.25) is 19.2 Å². The third-order valence-electron chi connectivity index (χ3n) is 10.3. The number of hydrogen-bond donors (Lipinski definition) is 4. The minimum absolute atomic E-state index is 0.0196. The average Bonchev–Trinajstić information content (AvgIpc) is 3.91. The first kappa shape index (κ1) is 38.9. The van der Waals surface area contributed by atoms with Crippen LogP contribution in [0.4, 0.5) is 4.79 Å². The van der Waals surface area contributed by atoms with Gasteiger partial charge in [-0.1, -0.05) is 68.2 Å². The van der Waals surface area contributed by atoms with Crippen molar-refractivity contribution in [2.75, 3.05) is 26.4 Å². The van der Waals surface area contributed by atoms with Crippen molar-refractivity contribution < 1.29 is 28.2 Å². The van der Waals surface area contributed by atoms with Crippen LogP contribution in [-0.4, -0.2) is 99.6 Å². The van der Waals surface area contributed by atoms with Crippen LogP contribution in [0.25, 0.3) is 0 Å². The van der Waals surface area contributed by atoms with E-state index in [2.05, 4.69) is 28.2 Å². The number of Topliss-reactive ketones (excluding diaryl/α,β-unsaturated/α-hetero) is 1. The van der Waals surface area contributed by atoms with Gasteiger partial charge in [-0.05, 0) is 67.7 Å². The van der Waals surface area contributed by atoms with Gasteiger partial charge in [0.15, 0.2) is 0 Å². The van der Waals surface area contributed by atoms with Crippen molar-refractivity contribution in [1.29, 1.82) is 0 Å². The average molecular weight is 681 g/mol. The number of nitrogens with one attached hydrogen (secondary N) is 4. The number of amides is 5. The zero-order valence-corrected chi connectivity index (χ0v) is 31.1. The number of urea groups is 1. The van der Waals surface area contributed by atoms with Gasteiger partial charge in [0.05, 0.1) is 17.0 Å². The third-order valence-corrected chi connectivity index (χ3v) is 11.3. The second-order valence-electron chi connectivity index (χ2n) is 16.2. The molecule has 5 amide bonds. The number of likely N-dealkylation sites (N-methyl/N-ethyl adjacent to an activating group) is 1. The fraction of sp³-hybridized carbons (Fsp3) is 0.853. The predicted molar refractivity (Wildman–Crippen MR) is 183 cm³/mol. The molecule has 0 spiro atoms. The Labute approximate surface area is 284 Å². The van der Waals surface area contributed by atoms with Crippen molar-refractivity contribution in [3.63, 3.8) is 0 Å². The molecule has 0 bridgehead atoms. The Bertz CT molecular complexity index is 1200. The molecule has 12 nitrogen and oxygen atoms in total. The van der Waals surface area contributed by atoms with E-state index in [4.69, 9.17) is 0 Å². The first-order valence-corrected chi connectivity index (χ1v) is 18.8. The van der Waals surface area contributed by atoms with E-state index in [9.17, 15) is 28.2 Å². The Morgan fingerprint density at radius 1 is 0.957 bits per heavy atom. The molecule has 268 valence electrons. The zero-order chi connectivity index (χ0) is 35.5. The van der Waals surface area contributed by atoms with Crippen LogP contribution in [-0.2, 0) is 30.2 Å². The lowest BCUT2D eigenvalue weighted by molar-refractivity contribution is -0.144. The molecule has 0 aromatic rings. The van der Waals surface area contributed by atoms with Gasteiger partial charge >= 0.3 is 6.03 Å². The van der Waals surface area contributed by atoms with E-state index in [-0.39, 0.29) is 34.7 Å². The highest BCUT2D eigenvalue weighted by Crippen LogP contribution is 2.58. The number of likely N-dealkylation sites (tertiary alicyclic amines) is 1. The highest BCUT2D eigenvalue weighted by Gasteiger charge is 2.55. The topological polar surface area (TPSA) is 157 Å². The molecule has 0 aromatic heterocycles. The van der Waals surface area contributed by atoms with E-state index in [1.165, 1.54) is 0 Å². The van der Waals surface area contributed by atoms with Crippen LogP contribution in [0.3, 0.4) is 0 Å². The van der Waals surface area contributed by atoms with E-state index in [1.807, 2.05) is 48.5 Å². The van der Waals surface area contributed by atoms with Crippen LogP contribution in [0.15, 0.2) is 0 Å². The van der Waals surface area contributed by atoms with E-state index < -0.39 is 58.2 Å². The molecule has 2 saturated carbocycles. The smallest absolute Gasteiger partial charge is 0.315 e. The zero-order valence-electron chi connectivity index (χ0n) is 30.3. The van der Waals surface area contributed by atoms with Crippen molar-refractivity contribution in [3.05, 3.63) is 0 Å². The Kier molecular flexibility index (Phi) is 12.7. The van der Waals surface area contributed by atoms with Crippen LogP contribution in [0, 0.1) is 22.2 Å². The standard InChI is InChI=1S/C34H60N6O6S/c1-11-13-23(26(41)29(43)35-22-14-15-22)36-28(42)24-18-21(34(12-2)16-17-34)19-40(24)30(44)27(33(6,7)8)38-31(45)37-25(32(3,4)5)20-39(9)47(10)46/h21-25,27H,11-20H2,1-10H3,(H,35,43)(H,36,42)(H2,37,38,45)/t21-,23?,24+,25-,27-,47?/m1/s1. The van der Waals surface area contributed by atoms with Gasteiger partial charge in [0, 0.05) is 31.4 Å². The highest BCUT2D eigenvalue weighted by atomic mass is 32.2. The molecule has 4 N–H and O–H groups in total. The van der Waals surface area contributed by atoms with Crippen molar-refractivity contribution in [2.45, 2.75) is 137 Å². The molecule has 1 aliphatic heterocycles. The van der Waals surface area contributed by atoms with Gasteiger partial charge in [-0.15, -0.1) is 0 Å². The molecular weight excluding hydrogens is 620 g/mol. The summed E-state index contributed by atoms with van der Waals surface area (Å²) < 4.78 is 13.7. The number of nitrogens with zero attached hydrogens (tertiary/aromatic N) is 2. The summed E-state index contributed by atoms with van der Waals surface area (Å²) in [5.41, 5.74) is -0.988. The third kappa shape index (κ3) is 10.2. The Morgan fingerprint density at radius 3 is 2.04 bits per heavy atom. The molecule has 3 rings (SSSR count). The van der Waals surface area contributed by atoms with Gasteiger partial charge in [0.1, 0.15) is 12.1 Å². The fourth-order valence-corrected chi connectivity index (χ4v) is 6.85. The second-order valence-corrected chi connectivity index (χ2v) is 17.7. The summed E-state index contributed by atoms with van der Waals surface area (Å²) in [7, 11) is 0.506. The normalized spacial score (nSPS) is 23.3. The molecule has 47 heavy (non-hydrogen) atoms. The van der Waals surface area contributed by atoms with E-state index in [0.29, 0.717) is 32.4 Å². The Morgan fingerprint density at radius 2 is 1.57 bits per heavy atom. The number of carbonyl (C=O) groups excluding carboxylic acids is 5. The summed E-state index contributed by atoms with van der Waals surface area (Å²) in [4.78, 5) is 69.3. The molecule has 2 unspecified atom stereocenters. The monoisotopic (exact) mass is 680 g/mol. The van der Waals surface area contributed by atoms with Crippen LogP contribution in [0.1, 0.15) is 107 Å². The lowest BCUT2D eigenvalue weighted by atomic mass is 9.84. The van der Waals surface area contributed by atoms with Crippen molar-refractivity contribution in [2.24, 2.45) is 22.2 Å². The quantitative estimate of drug-likeness (QED) is 0.195. The molecule has 2 aliphatic carbocycles. The molecular formula is C34H60N6O6S. The van der Waals surface area contributed by atoms with E-state index in [1.54, 1.807) is 22.5 Å². The van der Waals surface area contributed by atoms with Crippen molar-refractivity contribution in [3.8, 4) is 0 Å². The molecule has 0 aromatic carbocycles. The van der Waals surface area contributed by atoms with Gasteiger partial charge < -0.3 is 26.2 Å². The summed E-state index contributed by atoms with van der Waals surface area (Å²) >= 11 is 0. The Balaban J connectivity index is 1.84. The molecule has 1 saturated heterocycles. The van der Waals surface area contributed by atoms with Gasteiger partial charge in [-0.2, -0.15) is 0 Å². The molecule has 0 radical (unpaired) electrons. The first-order chi connectivity index (χ1) is 21.7. The molecule has 3 fully saturated rings. The summed E-state index contributed by atoms with van der Waals surface area (Å²) in [6.07, 6.45) is 7.66. The summed E-state index contributed by atoms with van der Waals surface area (Å²) in [6.45, 7) is 16.3. The molecule has 13 heteroatoms. The van der Waals surface area contributed by atoms with Crippen LogP contribution >= 0.6 is 0 Å². The first-order valence-electron chi connectivity index (χ1n) is 17.3. The van der Waals surface area contributed by atoms with Gasteiger partial charge in [0.2, 0.25) is 17.6 Å². The maximum atomic E-state index is 14.5. The molecule has 3 aliphatic rings. The van der Waals surface area contributed by atoms with Crippen LogP contribution in [0.2, 0.25) is 0 Å². The van der Waals surface area contributed by atoms with Crippen molar-refractivity contribution in [1.82, 2.24) is 30.5 Å². The Hall–Kier alpha value is -2.54. The van der Waals surface area contributed by atoms with Crippen molar-refractivity contribution >= 4 is 40.5 Å². The van der Waals surface area contributed by atoms with Crippen LogP contribution < -0.4 is 21.3 Å². The van der Waals surface area contributed by atoms with Gasteiger partial charge in [-0.25, -0.2) is 13.3 Å². The number of hydrogen-bond acceptors (Lipinski definition) is 6. The molecule has 6 atom stereocenters. The fourth-order valence-electron chi connectivity index (χ4n) is 6.49. The van der Waals surface area contributed by atoms with E-state index in [0.717, 1.165) is 32.1 Å².